The lowest BCUT2D eigenvalue weighted by Crippen LogP contribution is -2.07. The first-order valence-electron chi connectivity index (χ1n) is 9.24. The van der Waals surface area contributed by atoms with E-state index in [0.717, 1.165) is 22.2 Å². The van der Waals surface area contributed by atoms with Crippen molar-refractivity contribution in [2.45, 2.75) is 38.0 Å². The van der Waals surface area contributed by atoms with Crippen LogP contribution in [0.25, 0.3) is 10.9 Å². The molecule has 1 aliphatic carbocycles. The Balaban J connectivity index is 1.65. The van der Waals surface area contributed by atoms with Crippen LogP contribution in [-0.2, 0) is 0 Å². The summed E-state index contributed by atoms with van der Waals surface area (Å²) in [5.41, 5.74) is 6.75. The van der Waals surface area contributed by atoms with Crippen LogP contribution >= 0.6 is 0 Å². The zero-order chi connectivity index (χ0) is 17.8. The van der Waals surface area contributed by atoms with E-state index in [1.54, 1.807) is 18.3 Å². The maximum Gasteiger partial charge on any atom is 0.125 e. The number of hydrogen-bond donors (Lipinski definition) is 1. The number of anilines is 1. The molecule has 0 radical (unpaired) electrons. The number of rotatable bonds is 4. The number of nitrogens with zero attached hydrogens (tertiary/aromatic N) is 2. The Kier molecular flexibility index (Phi) is 4.91. The van der Waals surface area contributed by atoms with Gasteiger partial charge in [0.05, 0.1) is 17.4 Å². The zero-order valence-electron chi connectivity index (χ0n) is 14.7. The van der Waals surface area contributed by atoms with Crippen LogP contribution in [0.3, 0.4) is 0 Å². The molecule has 0 unspecified atom stereocenters. The van der Waals surface area contributed by atoms with Gasteiger partial charge >= 0.3 is 0 Å². The van der Waals surface area contributed by atoms with Gasteiger partial charge in [0.25, 0.3) is 0 Å². The molecule has 2 aromatic carbocycles. The van der Waals surface area contributed by atoms with Gasteiger partial charge in [-0.15, -0.1) is 0 Å². The van der Waals surface area contributed by atoms with Gasteiger partial charge in [-0.3, -0.25) is 10.4 Å². The summed E-state index contributed by atoms with van der Waals surface area (Å²) in [6.07, 6.45) is 8.12. The minimum atomic E-state index is -0.279. The van der Waals surface area contributed by atoms with Crippen molar-refractivity contribution in [3.8, 4) is 0 Å². The normalized spacial score (nSPS) is 15.6. The summed E-state index contributed by atoms with van der Waals surface area (Å²) in [7, 11) is 0. The number of para-hydroxylation sites is 1. The molecule has 1 saturated carbocycles. The molecule has 1 heterocycles. The lowest BCUT2D eigenvalue weighted by Gasteiger charge is -2.21. The van der Waals surface area contributed by atoms with E-state index in [-0.39, 0.29) is 5.82 Å². The number of nitrogens with one attached hydrogen (secondary N) is 1. The predicted molar refractivity (Wildman–Crippen MR) is 105 cm³/mol. The highest BCUT2D eigenvalue weighted by molar-refractivity contribution is 5.98. The molecule has 1 N–H and O–H groups in total. The Morgan fingerprint density at radius 3 is 2.69 bits per heavy atom. The first-order chi connectivity index (χ1) is 12.8. The minimum Gasteiger partial charge on any atom is -0.278 e. The van der Waals surface area contributed by atoms with Gasteiger partial charge in [-0.1, -0.05) is 43.5 Å². The predicted octanol–water partition coefficient (Wildman–Crippen LogP) is 5.87. The van der Waals surface area contributed by atoms with Gasteiger partial charge in [0.2, 0.25) is 0 Å². The Labute approximate surface area is 153 Å². The third kappa shape index (κ3) is 3.74. The average Bonchev–Trinajstić information content (AvgIpc) is 2.68. The molecule has 0 bridgehead atoms. The fourth-order valence-electron chi connectivity index (χ4n) is 3.67. The number of fused-ring (bicyclic) bond motifs is 1. The first-order valence-corrected chi connectivity index (χ1v) is 9.24. The molecule has 4 heteroatoms. The second kappa shape index (κ2) is 7.65. The van der Waals surface area contributed by atoms with Crippen molar-refractivity contribution >= 4 is 22.8 Å². The minimum absolute atomic E-state index is 0.279. The standard InChI is InChI=1S/C22H22FN3/c23-18-9-6-10-19(14-18)26-24-15-17-13-22(16-7-2-1-3-8-16)25-21-12-5-4-11-20(17)21/h4-6,9-16,26H,1-3,7-8H2/b24-15-. The summed E-state index contributed by atoms with van der Waals surface area (Å²) in [6.45, 7) is 0. The molecule has 3 aromatic rings. The van der Waals surface area contributed by atoms with Gasteiger partial charge < -0.3 is 0 Å². The van der Waals surface area contributed by atoms with Crippen molar-refractivity contribution in [3.63, 3.8) is 0 Å². The monoisotopic (exact) mass is 347 g/mol. The molecule has 4 rings (SSSR count). The van der Waals surface area contributed by atoms with Gasteiger partial charge in [0.15, 0.2) is 0 Å². The van der Waals surface area contributed by atoms with E-state index in [0.29, 0.717) is 11.6 Å². The van der Waals surface area contributed by atoms with E-state index in [9.17, 15) is 4.39 Å². The zero-order valence-corrected chi connectivity index (χ0v) is 14.7. The highest BCUT2D eigenvalue weighted by atomic mass is 19.1. The lowest BCUT2D eigenvalue weighted by molar-refractivity contribution is 0.437. The van der Waals surface area contributed by atoms with Crippen LogP contribution in [0.4, 0.5) is 10.1 Å². The molecular formula is C22H22FN3. The lowest BCUT2D eigenvalue weighted by atomic mass is 9.86. The van der Waals surface area contributed by atoms with Gasteiger partial charge in [-0.25, -0.2) is 4.39 Å². The number of aromatic nitrogens is 1. The number of halogens is 1. The summed E-state index contributed by atoms with van der Waals surface area (Å²) in [6, 6.07) is 16.6. The number of pyridine rings is 1. The second-order valence-electron chi connectivity index (χ2n) is 6.87. The van der Waals surface area contributed by atoms with Gasteiger partial charge in [0.1, 0.15) is 5.82 Å². The molecule has 1 fully saturated rings. The summed E-state index contributed by atoms with van der Waals surface area (Å²) in [5.74, 6) is 0.260. The quantitative estimate of drug-likeness (QED) is 0.473. The van der Waals surface area contributed by atoms with Gasteiger partial charge in [-0.05, 0) is 43.2 Å². The fourth-order valence-corrected chi connectivity index (χ4v) is 3.67. The second-order valence-corrected chi connectivity index (χ2v) is 6.87. The molecule has 0 aliphatic heterocycles. The van der Waals surface area contributed by atoms with E-state index in [4.69, 9.17) is 4.98 Å². The molecule has 132 valence electrons. The summed E-state index contributed by atoms with van der Waals surface area (Å²) in [4.78, 5) is 4.91. The third-order valence-corrected chi connectivity index (χ3v) is 5.01. The Bertz CT molecular complexity index is 930. The summed E-state index contributed by atoms with van der Waals surface area (Å²) < 4.78 is 13.3. The van der Waals surface area contributed by atoms with Gasteiger partial charge in [-0.2, -0.15) is 5.10 Å². The fraction of sp³-hybridized carbons (Fsp3) is 0.273. The molecule has 0 spiro atoms. The molecule has 0 atom stereocenters. The maximum atomic E-state index is 13.3. The van der Waals surface area contributed by atoms with Crippen LogP contribution in [-0.4, -0.2) is 11.2 Å². The van der Waals surface area contributed by atoms with Gasteiger partial charge in [0, 0.05) is 22.6 Å². The van der Waals surface area contributed by atoms with Crippen molar-refractivity contribution in [2.24, 2.45) is 5.10 Å². The molecule has 0 saturated heterocycles. The highest BCUT2D eigenvalue weighted by Gasteiger charge is 2.18. The largest absolute Gasteiger partial charge is 0.278 e. The third-order valence-electron chi connectivity index (χ3n) is 5.01. The van der Waals surface area contributed by atoms with Crippen LogP contribution in [0.1, 0.15) is 49.3 Å². The molecule has 0 amide bonds. The Morgan fingerprint density at radius 1 is 1.00 bits per heavy atom. The topological polar surface area (TPSA) is 37.3 Å². The highest BCUT2D eigenvalue weighted by Crippen LogP contribution is 2.33. The Hall–Kier alpha value is -2.75. The maximum absolute atomic E-state index is 13.3. The molecular weight excluding hydrogens is 325 g/mol. The van der Waals surface area contributed by atoms with Crippen LogP contribution < -0.4 is 5.43 Å². The Morgan fingerprint density at radius 2 is 1.85 bits per heavy atom. The number of hydrazone groups is 1. The summed E-state index contributed by atoms with van der Waals surface area (Å²) in [5, 5.41) is 5.40. The van der Waals surface area contributed by atoms with E-state index >= 15 is 0 Å². The first kappa shape index (κ1) is 16.7. The van der Waals surface area contributed by atoms with E-state index in [1.807, 2.05) is 12.1 Å². The average molecular weight is 347 g/mol. The van der Waals surface area contributed by atoms with Crippen LogP contribution in [0, 0.1) is 5.82 Å². The molecule has 3 nitrogen and oxygen atoms in total. The molecule has 1 aliphatic rings. The van der Waals surface area contributed by atoms with Crippen molar-refractivity contribution in [1.29, 1.82) is 0 Å². The van der Waals surface area contributed by atoms with Crippen LogP contribution in [0.2, 0.25) is 0 Å². The van der Waals surface area contributed by atoms with Crippen molar-refractivity contribution in [3.05, 3.63) is 71.7 Å². The number of benzene rings is 2. The SMILES string of the molecule is Fc1cccc(N/N=C\c2cc(C3CCCCC3)nc3ccccc23)c1. The van der Waals surface area contributed by atoms with Crippen LogP contribution in [0.15, 0.2) is 59.7 Å². The van der Waals surface area contributed by atoms with E-state index < -0.39 is 0 Å². The van der Waals surface area contributed by atoms with Crippen molar-refractivity contribution < 1.29 is 4.39 Å². The summed E-state index contributed by atoms with van der Waals surface area (Å²) >= 11 is 0. The van der Waals surface area contributed by atoms with E-state index in [1.165, 1.54) is 44.2 Å². The molecule has 1 aromatic heterocycles. The van der Waals surface area contributed by atoms with E-state index in [2.05, 4.69) is 28.7 Å². The smallest absolute Gasteiger partial charge is 0.125 e. The van der Waals surface area contributed by atoms with Crippen molar-refractivity contribution in [2.75, 3.05) is 5.43 Å². The number of hydrogen-bond acceptors (Lipinski definition) is 3. The van der Waals surface area contributed by atoms with Crippen molar-refractivity contribution in [1.82, 2.24) is 4.98 Å². The van der Waals surface area contributed by atoms with Crippen LogP contribution in [0.5, 0.6) is 0 Å². The molecule has 26 heavy (non-hydrogen) atoms.